The molecule has 3 nitrogen and oxygen atoms in total. The minimum atomic E-state index is -0.0287. The van der Waals surface area contributed by atoms with Crippen molar-refractivity contribution in [3.05, 3.63) is 77.0 Å². The molecule has 0 spiro atoms. The lowest BCUT2D eigenvalue weighted by Crippen LogP contribution is -2.27. The van der Waals surface area contributed by atoms with E-state index in [-0.39, 0.29) is 25.2 Å². The van der Waals surface area contributed by atoms with Crippen LogP contribution < -0.4 is 10.6 Å². The van der Waals surface area contributed by atoms with Gasteiger partial charge in [0.05, 0.1) is 5.92 Å². The number of thiophene rings is 1. The maximum absolute atomic E-state index is 12.8. The molecule has 26 heavy (non-hydrogen) atoms. The standard InChI is InChI=1S/C21H20N2OS.CH4/c24-21(19-14-22-13-18(19)20-10-5-11-25-20)23-17-9-4-8-16(12-17)15-6-2-1-3-7-15;/h1-12,18-19,22H,13-14H2,(H,23,24);1H4. The fourth-order valence-corrected chi connectivity index (χ4v) is 4.29. The van der Waals surface area contributed by atoms with Gasteiger partial charge in [0.1, 0.15) is 0 Å². The highest BCUT2D eigenvalue weighted by atomic mass is 32.1. The highest BCUT2D eigenvalue weighted by Crippen LogP contribution is 2.32. The van der Waals surface area contributed by atoms with E-state index in [0.717, 1.165) is 29.9 Å². The maximum Gasteiger partial charge on any atom is 0.229 e. The summed E-state index contributed by atoms with van der Waals surface area (Å²) in [4.78, 5) is 14.1. The van der Waals surface area contributed by atoms with E-state index in [9.17, 15) is 4.79 Å². The van der Waals surface area contributed by atoms with E-state index in [0.29, 0.717) is 0 Å². The molecule has 0 saturated carbocycles. The molecule has 1 aromatic heterocycles. The van der Waals surface area contributed by atoms with Gasteiger partial charge in [0.15, 0.2) is 0 Å². The molecule has 4 heteroatoms. The van der Waals surface area contributed by atoms with Gasteiger partial charge in [-0.25, -0.2) is 0 Å². The molecule has 4 rings (SSSR count). The second-order valence-corrected chi connectivity index (χ2v) is 7.30. The minimum Gasteiger partial charge on any atom is -0.326 e. The number of anilines is 1. The summed E-state index contributed by atoms with van der Waals surface area (Å²) in [5, 5.41) is 8.55. The van der Waals surface area contributed by atoms with Crippen LogP contribution in [-0.2, 0) is 4.79 Å². The molecular formula is C22H24N2OS. The van der Waals surface area contributed by atoms with Crippen molar-refractivity contribution in [3.63, 3.8) is 0 Å². The summed E-state index contributed by atoms with van der Waals surface area (Å²) < 4.78 is 0. The summed E-state index contributed by atoms with van der Waals surface area (Å²) in [7, 11) is 0. The predicted octanol–water partition coefficient (Wildman–Crippen LogP) is 4.99. The lowest BCUT2D eigenvalue weighted by atomic mass is 9.93. The Balaban J connectivity index is 0.00000196. The molecule has 3 aromatic rings. The van der Waals surface area contributed by atoms with Crippen molar-refractivity contribution in [2.45, 2.75) is 13.3 Å². The second-order valence-electron chi connectivity index (χ2n) is 6.32. The average Bonchev–Trinajstić information content (AvgIpc) is 3.34. The summed E-state index contributed by atoms with van der Waals surface area (Å²) in [6, 6.07) is 22.4. The number of hydrogen-bond donors (Lipinski definition) is 2. The molecule has 0 aliphatic carbocycles. The van der Waals surface area contributed by atoms with Crippen molar-refractivity contribution in [2.75, 3.05) is 18.4 Å². The average molecular weight is 365 g/mol. The number of amides is 1. The Kier molecular flexibility index (Phi) is 5.86. The highest BCUT2D eigenvalue weighted by molar-refractivity contribution is 7.10. The molecule has 134 valence electrons. The smallest absolute Gasteiger partial charge is 0.229 e. The molecule has 2 unspecified atom stereocenters. The third-order valence-electron chi connectivity index (χ3n) is 4.70. The molecular weight excluding hydrogens is 340 g/mol. The van der Waals surface area contributed by atoms with E-state index < -0.39 is 0 Å². The second kappa shape index (κ2) is 8.30. The van der Waals surface area contributed by atoms with Crippen molar-refractivity contribution in [3.8, 4) is 11.1 Å². The van der Waals surface area contributed by atoms with Gasteiger partial charge in [-0.05, 0) is 34.7 Å². The number of benzene rings is 2. The normalized spacial score (nSPS) is 18.9. The van der Waals surface area contributed by atoms with Gasteiger partial charge >= 0.3 is 0 Å². The number of hydrogen-bond acceptors (Lipinski definition) is 3. The molecule has 2 heterocycles. The maximum atomic E-state index is 12.8. The topological polar surface area (TPSA) is 41.1 Å². The molecule has 2 N–H and O–H groups in total. The summed E-state index contributed by atoms with van der Waals surface area (Å²) >= 11 is 1.73. The Labute approximate surface area is 159 Å². The molecule has 1 amide bonds. The lowest BCUT2D eigenvalue weighted by Gasteiger charge is -2.17. The van der Waals surface area contributed by atoms with Crippen LogP contribution in [0.4, 0.5) is 5.69 Å². The Bertz CT molecular complexity index is 846. The summed E-state index contributed by atoms with van der Waals surface area (Å²) in [5.41, 5.74) is 3.11. The van der Waals surface area contributed by atoms with Crippen LogP contribution in [0.2, 0.25) is 0 Å². The van der Waals surface area contributed by atoms with Gasteiger partial charge in [-0.15, -0.1) is 11.3 Å². The molecule has 0 bridgehead atoms. The molecule has 2 aromatic carbocycles. The SMILES string of the molecule is C.O=C(Nc1cccc(-c2ccccc2)c1)C1CNCC1c1cccs1. The van der Waals surface area contributed by atoms with Crippen molar-refractivity contribution in [1.82, 2.24) is 5.32 Å². The van der Waals surface area contributed by atoms with Crippen LogP contribution in [0.15, 0.2) is 72.1 Å². The van der Waals surface area contributed by atoms with Gasteiger partial charge in [0.2, 0.25) is 5.91 Å². The van der Waals surface area contributed by atoms with Gasteiger partial charge in [-0.1, -0.05) is 56.0 Å². The van der Waals surface area contributed by atoms with Gasteiger partial charge in [-0.2, -0.15) is 0 Å². The number of carbonyl (C=O) groups is 1. The molecule has 1 aliphatic heterocycles. The number of carbonyl (C=O) groups excluding carboxylic acids is 1. The van der Waals surface area contributed by atoms with E-state index in [1.807, 2.05) is 36.4 Å². The fraction of sp³-hybridized carbons (Fsp3) is 0.227. The largest absolute Gasteiger partial charge is 0.326 e. The van der Waals surface area contributed by atoms with Crippen LogP contribution in [0.1, 0.15) is 18.2 Å². The van der Waals surface area contributed by atoms with Crippen molar-refractivity contribution in [2.24, 2.45) is 5.92 Å². The monoisotopic (exact) mass is 364 g/mol. The van der Waals surface area contributed by atoms with E-state index in [1.165, 1.54) is 4.88 Å². The van der Waals surface area contributed by atoms with Gasteiger partial charge < -0.3 is 10.6 Å². The van der Waals surface area contributed by atoms with E-state index in [1.54, 1.807) is 11.3 Å². The zero-order chi connectivity index (χ0) is 17.1. The zero-order valence-corrected chi connectivity index (χ0v) is 14.6. The molecule has 2 atom stereocenters. The quantitative estimate of drug-likeness (QED) is 0.684. The third-order valence-corrected chi connectivity index (χ3v) is 5.70. The Hall–Kier alpha value is -2.43. The van der Waals surface area contributed by atoms with E-state index >= 15 is 0 Å². The van der Waals surface area contributed by atoms with Crippen LogP contribution in [0.25, 0.3) is 11.1 Å². The predicted molar refractivity (Wildman–Crippen MR) is 111 cm³/mol. The van der Waals surface area contributed by atoms with Crippen LogP contribution >= 0.6 is 11.3 Å². The third kappa shape index (κ3) is 3.87. The molecule has 0 radical (unpaired) electrons. The first-order valence-electron chi connectivity index (χ1n) is 8.52. The van der Waals surface area contributed by atoms with Crippen molar-refractivity contribution < 1.29 is 4.79 Å². The Morgan fingerprint density at radius 3 is 2.54 bits per heavy atom. The first-order chi connectivity index (χ1) is 12.3. The lowest BCUT2D eigenvalue weighted by molar-refractivity contribution is -0.119. The van der Waals surface area contributed by atoms with Crippen molar-refractivity contribution in [1.29, 1.82) is 0 Å². The van der Waals surface area contributed by atoms with Crippen molar-refractivity contribution >= 4 is 22.9 Å². The van der Waals surface area contributed by atoms with Gasteiger partial charge in [0.25, 0.3) is 0 Å². The summed E-state index contributed by atoms with van der Waals surface area (Å²) in [5.74, 6) is 0.324. The number of rotatable bonds is 4. The fourth-order valence-electron chi connectivity index (χ4n) is 3.40. The van der Waals surface area contributed by atoms with E-state index in [2.05, 4.69) is 46.3 Å². The van der Waals surface area contributed by atoms with Gasteiger partial charge in [-0.3, -0.25) is 4.79 Å². The van der Waals surface area contributed by atoms with E-state index in [4.69, 9.17) is 0 Å². The summed E-state index contributed by atoms with van der Waals surface area (Å²) in [6.45, 7) is 1.59. The molecule has 1 aliphatic rings. The molecule has 1 fully saturated rings. The molecule has 1 saturated heterocycles. The van der Waals surface area contributed by atoms with Crippen LogP contribution in [0, 0.1) is 5.92 Å². The minimum absolute atomic E-state index is 0. The van der Waals surface area contributed by atoms with Crippen LogP contribution in [0.5, 0.6) is 0 Å². The van der Waals surface area contributed by atoms with Crippen LogP contribution in [-0.4, -0.2) is 19.0 Å². The van der Waals surface area contributed by atoms with Gasteiger partial charge in [0, 0.05) is 29.6 Å². The van der Waals surface area contributed by atoms with Crippen LogP contribution in [0.3, 0.4) is 0 Å². The summed E-state index contributed by atoms with van der Waals surface area (Å²) in [6.07, 6.45) is 0. The number of nitrogens with one attached hydrogen (secondary N) is 2. The Morgan fingerprint density at radius 2 is 1.77 bits per heavy atom. The highest BCUT2D eigenvalue weighted by Gasteiger charge is 2.34. The Morgan fingerprint density at radius 1 is 0.962 bits per heavy atom. The zero-order valence-electron chi connectivity index (χ0n) is 13.8. The first-order valence-corrected chi connectivity index (χ1v) is 9.40. The first kappa shape index (κ1) is 18.4.